The van der Waals surface area contributed by atoms with E-state index in [0.717, 1.165) is 0 Å². The molecule has 0 aliphatic carbocycles. The van der Waals surface area contributed by atoms with Crippen molar-refractivity contribution < 1.29 is 58.8 Å². The van der Waals surface area contributed by atoms with E-state index in [9.17, 15) is 48.6 Å². The number of carboxylic acid groups (broad SMARTS) is 4. The van der Waals surface area contributed by atoms with Gasteiger partial charge >= 0.3 is 23.9 Å². The van der Waals surface area contributed by atoms with Gasteiger partial charge in [0.15, 0.2) is 0 Å². The minimum atomic E-state index is -1.83. The molecule has 0 aliphatic rings. The molecule has 0 spiro atoms. The molecule has 43 heavy (non-hydrogen) atoms. The molecular formula is C25H42N6O12. The number of rotatable bonds is 22. The van der Waals surface area contributed by atoms with Crippen molar-refractivity contribution in [2.24, 2.45) is 17.4 Å². The summed E-state index contributed by atoms with van der Waals surface area (Å²) in [6, 6.07) is -7.68. The predicted molar refractivity (Wildman–Crippen MR) is 147 cm³/mol. The third-order valence-corrected chi connectivity index (χ3v) is 5.93. The topological polar surface area (TPSA) is 318 Å². The Balaban J connectivity index is 5.99. The molecule has 0 saturated heterocycles. The number of nitrogens with one attached hydrogen (secondary N) is 4. The molecule has 5 atom stereocenters. The summed E-state index contributed by atoms with van der Waals surface area (Å²) in [5.74, 6) is -10.1. The van der Waals surface area contributed by atoms with E-state index in [2.05, 4.69) is 16.0 Å². The monoisotopic (exact) mass is 618 g/mol. The molecule has 0 rings (SSSR count). The maximum Gasteiger partial charge on any atom is 0.326 e. The minimum absolute atomic E-state index is 0.00139. The van der Waals surface area contributed by atoms with E-state index in [-0.39, 0.29) is 31.7 Å². The van der Waals surface area contributed by atoms with Gasteiger partial charge in [-0.1, -0.05) is 13.8 Å². The first-order valence-electron chi connectivity index (χ1n) is 13.5. The molecule has 244 valence electrons. The summed E-state index contributed by atoms with van der Waals surface area (Å²) in [6.07, 6.45) is -2.21. The molecule has 18 heteroatoms. The molecular weight excluding hydrogens is 576 g/mol. The lowest BCUT2D eigenvalue weighted by molar-refractivity contribution is -0.147. The molecule has 4 amide bonds. The molecule has 0 aliphatic heterocycles. The molecule has 0 fully saturated rings. The van der Waals surface area contributed by atoms with Gasteiger partial charge in [0.05, 0.1) is 18.9 Å². The highest BCUT2D eigenvalue weighted by atomic mass is 16.4. The van der Waals surface area contributed by atoms with Gasteiger partial charge in [0.1, 0.15) is 24.2 Å². The Bertz CT molecular complexity index is 1020. The fourth-order valence-corrected chi connectivity index (χ4v) is 3.77. The van der Waals surface area contributed by atoms with Crippen LogP contribution in [-0.4, -0.2) is 105 Å². The van der Waals surface area contributed by atoms with Crippen molar-refractivity contribution in [3.8, 4) is 0 Å². The predicted octanol–water partition coefficient (Wildman–Crippen LogP) is -2.67. The van der Waals surface area contributed by atoms with Crippen LogP contribution < -0.4 is 32.7 Å². The van der Waals surface area contributed by atoms with E-state index in [1.165, 1.54) is 0 Å². The van der Waals surface area contributed by atoms with Gasteiger partial charge in [-0.15, -0.1) is 0 Å². The van der Waals surface area contributed by atoms with Crippen molar-refractivity contribution in [3.63, 3.8) is 0 Å². The standard InChI is InChI=1S/C25H42N6O12/c1-12(2)9-13(27)21(38)30-16(10-19(34)35)24(41)29-15(6-7-18(32)33)23(40)28-14(5-3-4-8-26)22(39)31-17(25(42)43)11-20(36)37/h12-17H,3-11,26-27H2,1-2H3,(H,28,40)(H,29,41)(H,30,38)(H,31,39)(H,32,33)(H,34,35)(H,36,37)(H,42,43)/t13-,14-,15-,16-,17-/m0/s1. The Labute approximate surface area is 247 Å². The molecule has 12 N–H and O–H groups in total. The molecule has 0 saturated carbocycles. The van der Waals surface area contributed by atoms with Crippen LogP contribution >= 0.6 is 0 Å². The van der Waals surface area contributed by atoms with E-state index < -0.39 is 103 Å². The fourth-order valence-electron chi connectivity index (χ4n) is 3.77. The summed E-state index contributed by atoms with van der Waals surface area (Å²) in [5.41, 5.74) is 11.3. The largest absolute Gasteiger partial charge is 0.481 e. The highest BCUT2D eigenvalue weighted by Crippen LogP contribution is 2.08. The van der Waals surface area contributed by atoms with Gasteiger partial charge in [0.25, 0.3) is 0 Å². The lowest BCUT2D eigenvalue weighted by atomic mass is 10.0. The molecule has 0 unspecified atom stereocenters. The molecule has 0 heterocycles. The van der Waals surface area contributed by atoms with E-state index in [0.29, 0.717) is 6.42 Å². The third-order valence-electron chi connectivity index (χ3n) is 5.93. The van der Waals surface area contributed by atoms with E-state index in [4.69, 9.17) is 21.7 Å². The smallest absolute Gasteiger partial charge is 0.326 e. The highest BCUT2D eigenvalue weighted by molar-refractivity contribution is 5.97. The zero-order valence-corrected chi connectivity index (χ0v) is 24.0. The quantitative estimate of drug-likeness (QED) is 0.0553. The average molecular weight is 619 g/mol. The van der Waals surface area contributed by atoms with Gasteiger partial charge in [-0.2, -0.15) is 0 Å². The van der Waals surface area contributed by atoms with E-state index in [1.54, 1.807) is 13.8 Å². The number of carbonyl (C=O) groups excluding carboxylic acids is 4. The van der Waals surface area contributed by atoms with Gasteiger partial charge in [0.2, 0.25) is 23.6 Å². The average Bonchev–Trinajstić information content (AvgIpc) is 2.88. The Morgan fingerprint density at radius 3 is 1.49 bits per heavy atom. The van der Waals surface area contributed by atoms with E-state index in [1.807, 2.05) is 5.32 Å². The lowest BCUT2D eigenvalue weighted by Gasteiger charge is -2.26. The van der Waals surface area contributed by atoms with E-state index >= 15 is 0 Å². The summed E-state index contributed by atoms with van der Waals surface area (Å²) in [4.78, 5) is 96.5. The maximum atomic E-state index is 13.2. The summed E-state index contributed by atoms with van der Waals surface area (Å²) >= 11 is 0. The summed E-state index contributed by atoms with van der Waals surface area (Å²) in [5, 5.41) is 45.3. The number of unbranched alkanes of at least 4 members (excludes halogenated alkanes) is 1. The molecule has 0 aromatic rings. The molecule has 0 aromatic heterocycles. The van der Waals surface area contributed by atoms with Crippen molar-refractivity contribution >= 4 is 47.5 Å². The number of hydrogen-bond acceptors (Lipinski definition) is 10. The maximum absolute atomic E-state index is 13.2. The van der Waals surface area contributed by atoms with Crippen LogP contribution in [0.25, 0.3) is 0 Å². The molecule has 0 aromatic carbocycles. The van der Waals surface area contributed by atoms with Crippen molar-refractivity contribution in [2.45, 2.75) is 95.4 Å². The molecule has 0 bridgehead atoms. The Morgan fingerprint density at radius 2 is 1.05 bits per heavy atom. The van der Waals surface area contributed by atoms with Crippen LogP contribution in [0, 0.1) is 5.92 Å². The van der Waals surface area contributed by atoms with Crippen LogP contribution in [0.4, 0.5) is 0 Å². The Hall–Kier alpha value is -4.32. The van der Waals surface area contributed by atoms with Crippen LogP contribution in [0.1, 0.15) is 65.2 Å². The minimum Gasteiger partial charge on any atom is -0.481 e. The third kappa shape index (κ3) is 16.6. The number of aliphatic carboxylic acids is 4. The fraction of sp³-hybridized carbons (Fsp3) is 0.680. The van der Waals surface area contributed by atoms with Crippen LogP contribution in [0.15, 0.2) is 0 Å². The Morgan fingerprint density at radius 1 is 0.605 bits per heavy atom. The van der Waals surface area contributed by atoms with Gasteiger partial charge in [-0.25, -0.2) is 4.79 Å². The SMILES string of the molecule is CC(C)C[C@H](N)C(=O)N[C@@H](CC(=O)O)C(=O)N[C@@H](CCC(=O)O)C(=O)N[C@@H](CCCCN)C(=O)N[C@@H](CC(=O)O)C(=O)O. The summed E-state index contributed by atoms with van der Waals surface area (Å²) < 4.78 is 0. The second kappa shape index (κ2) is 19.7. The van der Waals surface area contributed by atoms with Crippen LogP contribution in [0.2, 0.25) is 0 Å². The Kier molecular flexibility index (Phi) is 17.8. The number of carbonyl (C=O) groups is 8. The summed E-state index contributed by atoms with van der Waals surface area (Å²) in [6.45, 7) is 3.80. The van der Waals surface area contributed by atoms with Crippen molar-refractivity contribution in [1.29, 1.82) is 0 Å². The van der Waals surface area contributed by atoms with Gasteiger partial charge in [-0.05, 0) is 44.6 Å². The number of amides is 4. The van der Waals surface area contributed by atoms with Crippen molar-refractivity contribution in [3.05, 3.63) is 0 Å². The number of carboxylic acids is 4. The molecule has 0 radical (unpaired) electrons. The zero-order chi connectivity index (χ0) is 33.3. The first-order valence-corrected chi connectivity index (χ1v) is 13.5. The van der Waals surface area contributed by atoms with Crippen molar-refractivity contribution in [2.75, 3.05) is 6.54 Å². The van der Waals surface area contributed by atoms with Gasteiger partial charge in [0, 0.05) is 6.42 Å². The highest BCUT2D eigenvalue weighted by Gasteiger charge is 2.33. The number of hydrogen-bond donors (Lipinski definition) is 10. The van der Waals surface area contributed by atoms with Crippen molar-refractivity contribution in [1.82, 2.24) is 21.3 Å². The lowest BCUT2D eigenvalue weighted by Crippen LogP contribution is -2.58. The second-order valence-corrected chi connectivity index (χ2v) is 10.2. The van der Waals surface area contributed by atoms with Gasteiger partial charge in [-0.3, -0.25) is 33.6 Å². The first kappa shape index (κ1) is 38.7. The van der Waals surface area contributed by atoms with Gasteiger partial charge < -0.3 is 53.2 Å². The normalized spacial score (nSPS) is 14.3. The first-order chi connectivity index (χ1) is 20.0. The van der Waals surface area contributed by atoms with Crippen LogP contribution in [0.5, 0.6) is 0 Å². The number of nitrogens with two attached hydrogens (primary N) is 2. The van der Waals surface area contributed by atoms with Crippen LogP contribution in [-0.2, 0) is 38.4 Å². The molecule has 18 nitrogen and oxygen atoms in total. The second-order valence-electron chi connectivity index (χ2n) is 10.2. The van der Waals surface area contributed by atoms with Crippen LogP contribution in [0.3, 0.4) is 0 Å². The summed E-state index contributed by atoms with van der Waals surface area (Å²) in [7, 11) is 0. The zero-order valence-electron chi connectivity index (χ0n) is 24.0.